The van der Waals surface area contributed by atoms with Gasteiger partial charge in [-0.1, -0.05) is 26.2 Å². The van der Waals surface area contributed by atoms with Crippen LogP contribution in [0, 0.1) is 23.7 Å². The highest BCUT2D eigenvalue weighted by Gasteiger charge is 2.42. The van der Waals surface area contributed by atoms with Crippen molar-refractivity contribution in [2.75, 3.05) is 0 Å². The van der Waals surface area contributed by atoms with Crippen molar-refractivity contribution in [3.63, 3.8) is 0 Å². The SMILES string of the molecule is [B]C(C)(O)C1CC2CCCCC1C(C)C2. The van der Waals surface area contributed by atoms with E-state index in [-0.39, 0.29) is 0 Å². The summed E-state index contributed by atoms with van der Waals surface area (Å²) >= 11 is 0. The lowest BCUT2D eigenvalue weighted by Crippen LogP contribution is -2.46. The van der Waals surface area contributed by atoms with Gasteiger partial charge in [0.05, 0.1) is 0 Å². The first-order valence-corrected chi connectivity index (χ1v) is 6.49. The van der Waals surface area contributed by atoms with E-state index in [1.165, 1.54) is 32.1 Å². The lowest BCUT2D eigenvalue weighted by Gasteiger charge is -2.48. The Morgan fingerprint density at radius 1 is 1.20 bits per heavy atom. The highest BCUT2D eigenvalue weighted by Crippen LogP contribution is 2.47. The maximum absolute atomic E-state index is 10.1. The highest BCUT2D eigenvalue weighted by molar-refractivity contribution is 6.14. The van der Waals surface area contributed by atoms with Crippen LogP contribution in [0.5, 0.6) is 0 Å². The Morgan fingerprint density at radius 3 is 2.53 bits per heavy atom. The summed E-state index contributed by atoms with van der Waals surface area (Å²) < 4.78 is 0. The lowest BCUT2D eigenvalue weighted by atomic mass is 9.55. The summed E-state index contributed by atoms with van der Waals surface area (Å²) in [5.74, 6) is 2.55. The van der Waals surface area contributed by atoms with Crippen molar-refractivity contribution >= 4 is 7.85 Å². The van der Waals surface area contributed by atoms with Gasteiger partial charge in [0, 0.05) is 5.50 Å². The molecule has 3 aliphatic rings. The van der Waals surface area contributed by atoms with Crippen molar-refractivity contribution in [2.24, 2.45) is 23.7 Å². The van der Waals surface area contributed by atoms with Crippen molar-refractivity contribution in [2.45, 2.75) is 57.9 Å². The molecule has 0 aromatic carbocycles. The first kappa shape index (κ1) is 11.5. The summed E-state index contributed by atoms with van der Waals surface area (Å²) in [6.07, 6.45) is 7.84. The van der Waals surface area contributed by atoms with Crippen LogP contribution >= 0.6 is 0 Å². The molecular formula is C13H23BO. The van der Waals surface area contributed by atoms with Gasteiger partial charge >= 0.3 is 0 Å². The Morgan fingerprint density at radius 2 is 1.87 bits per heavy atom. The van der Waals surface area contributed by atoms with Gasteiger partial charge in [-0.25, -0.2) is 0 Å². The number of rotatable bonds is 1. The third-order valence-corrected chi connectivity index (χ3v) is 4.69. The normalized spacial score (nSPS) is 45.5. The molecule has 5 unspecified atom stereocenters. The average molecular weight is 206 g/mol. The second kappa shape index (κ2) is 4.12. The summed E-state index contributed by atoms with van der Waals surface area (Å²) in [5.41, 5.74) is -0.963. The van der Waals surface area contributed by atoms with E-state index >= 15 is 0 Å². The average Bonchev–Trinajstić information content (AvgIpc) is 2.05. The molecule has 0 saturated heterocycles. The molecule has 2 radical (unpaired) electrons. The second-order valence-corrected chi connectivity index (χ2v) is 6.10. The maximum Gasteiger partial charge on any atom is 0.113 e. The monoisotopic (exact) mass is 206 g/mol. The van der Waals surface area contributed by atoms with Crippen LogP contribution < -0.4 is 0 Å². The molecule has 84 valence electrons. The van der Waals surface area contributed by atoms with Gasteiger partial charge in [-0.05, 0) is 49.9 Å². The molecule has 3 fully saturated rings. The zero-order chi connectivity index (χ0) is 11.1. The molecule has 3 aliphatic carbocycles. The van der Waals surface area contributed by atoms with Gasteiger partial charge in [0.2, 0.25) is 0 Å². The van der Waals surface area contributed by atoms with Gasteiger partial charge in [0.15, 0.2) is 0 Å². The summed E-state index contributed by atoms with van der Waals surface area (Å²) in [5, 5.41) is 10.1. The van der Waals surface area contributed by atoms with E-state index < -0.39 is 5.50 Å². The summed E-state index contributed by atoms with van der Waals surface area (Å²) in [6.45, 7) is 4.14. The largest absolute Gasteiger partial charge is 0.400 e. The van der Waals surface area contributed by atoms with Crippen molar-refractivity contribution < 1.29 is 5.11 Å². The standard InChI is InChI=1S/C13H23BO/c1-9-7-10-5-3-4-6-11(9)12(8-10)13(2,14)15/h9-12,15H,3-8H2,1-2H3. The van der Waals surface area contributed by atoms with Crippen LogP contribution in [-0.2, 0) is 0 Å². The molecule has 5 atom stereocenters. The van der Waals surface area contributed by atoms with Crippen LogP contribution in [0.3, 0.4) is 0 Å². The van der Waals surface area contributed by atoms with E-state index in [1.54, 1.807) is 6.92 Å². The Labute approximate surface area is 95.1 Å². The molecule has 3 saturated carbocycles. The fraction of sp³-hybridized carbons (Fsp3) is 1.00. The molecule has 3 rings (SSSR count). The smallest absolute Gasteiger partial charge is 0.113 e. The lowest BCUT2D eigenvalue weighted by molar-refractivity contribution is -0.0256. The predicted octanol–water partition coefficient (Wildman–Crippen LogP) is 2.72. The zero-order valence-electron chi connectivity index (χ0n) is 10.1. The fourth-order valence-corrected chi connectivity index (χ4v) is 3.93. The minimum Gasteiger partial charge on any atom is -0.400 e. The molecule has 1 nitrogen and oxygen atoms in total. The Kier molecular flexibility index (Phi) is 3.16. The molecule has 2 bridgehead atoms. The van der Waals surface area contributed by atoms with Gasteiger partial charge in [-0.15, -0.1) is 0 Å². The number of fused-ring (bicyclic) bond motifs is 5. The van der Waals surface area contributed by atoms with Crippen molar-refractivity contribution in [1.29, 1.82) is 0 Å². The van der Waals surface area contributed by atoms with Crippen LogP contribution in [-0.4, -0.2) is 18.5 Å². The number of hydrogen-bond acceptors (Lipinski definition) is 1. The van der Waals surface area contributed by atoms with Gasteiger partial charge in [-0.2, -0.15) is 0 Å². The van der Waals surface area contributed by atoms with Gasteiger partial charge in [-0.3, -0.25) is 0 Å². The zero-order valence-corrected chi connectivity index (χ0v) is 10.1. The molecular weight excluding hydrogens is 183 g/mol. The third-order valence-electron chi connectivity index (χ3n) is 4.69. The number of hydrogen-bond donors (Lipinski definition) is 1. The summed E-state index contributed by atoms with van der Waals surface area (Å²) in [6, 6.07) is 0. The van der Waals surface area contributed by atoms with Gasteiger partial charge < -0.3 is 5.11 Å². The molecule has 0 aromatic rings. The van der Waals surface area contributed by atoms with Gasteiger partial charge in [0.1, 0.15) is 7.85 Å². The molecule has 0 spiro atoms. The number of aliphatic hydroxyl groups is 1. The van der Waals surface area contributed by atoms with Crippen molar-refractivity contribution in [1.82, 2.24) is 0 Å². The Balaban J connectivity index is 2.18. The summed E-state index contributed by atoms with van der Waals surface area (Å²) in [4.78, 5) is 0. The maximum atomic E-state index is 10.1. The Hall–Kier alpha value is 0.0249. The van der Waals surface area contributed by atoms with Crippen molar-refractivity contribution in [3.8, 4) is 0 Å². The molecule has 15 heavy (non-hydrogen) atoms. The fourth-order valence-electron chi connectivity index (χ4n) is 3.93. The molecule has 0 aromatic heterocycles. The van der Waals surface area contributed by atoms with Crippen LogP contribution in [0.25, 0.3) is 0 Å². The first-order valence-electron chi connectivity index (χ1n) is 6.49. The van der Waals surface area contributed by atoms with E-state index in [0.717, 1.165) is 18.3 Å². The predicted molar refractivity (Wildman–Crippen MR) is 63.7 cm³/mol. The highest BCUT2D eigenvalue weighted by atomic mass is 16.3. The third kappa shape index (κ3) is 2.41. The van der Waals surface area contributed by atoms with Gasteiger partial charge in [0.25, 0.3) is 0 Å². The molecule has 0 aliphatic heterocycles. The van der Waals surface area contributed by atoms with E-state index in [2.05, 4.69) is 6.92 Å². The van der Waals surface area contributed by atoms with Crippen LogP contribution in [0.2, 0.25) is 0 Å². The van der Waals surface area contributed by atoms with Crippen LogP contribution in [0.15, 0.2) is 0 Å². The van der Waals surface area contributed by atoms with Crippen LogP contribution in [0.4, 0.5) is 0 Å². The second-order valence-electron chi connectivity index (χ2n) is 6.10. The molecule has 0 amide bonds. The summed E-state index contributed by atoms with van der Waals surface area (Å²) in [7, 11) is 5.93. The quantitative estimate of drug-likeness (QED) is 0.654. The molecule has 1 N–H and O–H groups in total. The van der Waals surface area contributed by atoms with Crippen LogP contribution in [0.1, 0.15) is 52.4 Å². The van der Waals surface area contributed by atoms with E-state index in [1.807, 2.05) is 0 Å². The molecule has 2 heteroatoms. The topological polar surface area (TPSA) is 20.2 Å². The van der Waals surface area contributed by atoms with Crippen molar-refractivity contribution in [3.05, 3.63) is 0 Å². The minimum atomic E-state index is -0.963. The molecule has 0 heterocycles. The van der Waals surface area contributed by atoms with E-state index in [9.17, 15) is 5.11 Å². The van der Waals surface area contributed by atoms with E-state index in [4.69, 9.17) is 7.85 Å². The minimum absolute atomic E-state index is 0.326. The van der Waals surface area contributed by atoms with E-state index in [0.29, 0.717) is 11.8 Å². The Bertz CT molecular complexity index is 221. The first-order chi connectivity index (χ1) is 6.98.